The number of fused-ring (bicyclic) bond motifs is 1. The number of nitrogens with zero attached hydrogens (tertiary/aromatic N) is 3. The lowest BCUT2D eigenvalue weighted by Crippen LogP contribution is -2.12. The van der Waals surface area contributed by atoms with Crippen molar-refractivity contribution >= 4 is 34.1 Å². The highest BCUT2D eigenvalue weighted by atomic mass is 35.5. The number of halogens is 1. The number of pyridine rings is 1. The van der Waals surface area contributed by atoms with Crippen LogP contribution in [0.25, 0.3) is 22.0 Å². The van der Waals surface area contributed by atoms with Crippen LogP contribution >= 0.6 is 11.6 Å². The molecule has 0 bridgehead atoms. The normalized spacial score (nSPS) is 10.8. The van der Waals surface area contributed by atoms with Crippen LogP contribution in [0.5, 0.6) is 0 Å². The molecular weight excluding hydrogens is 348 g/mol. The van der Waals surface area contributed by atoms with E-state index in [9.17, 15) is 4.79 Å². The largest absolute Gasteiger partial charge is 0.322 e. The number of nitrogens with one attached hydrogen (secondary N) is 1. The Labute approximate surface area is 155 Å². The molecule has 6 heteroatoms. The average Bonchev–Trinajstić information content (AvgIpc) is 3.08. The summed E-state index contributed by atoms with van der Waals surface area (Å²) in [6.45, 7) is 0. The van der Waals surface area contributed by atoms with E-state index in [1.807, 2.05) is 43.7 Å². The molecule has 0 atom stereocenters. The molecule has 4 aromatic rings. The van der Waals surface area contributed by atoms with Gasteiger partial charge in [-0.1, -0.05) is 23.7 Å². The third-order valence-corrected chi connectivity index (χ3v) is 4.43. The molecule has 1 N–H and O–H groups in total. The van der Waals surface area contributed by atoms with Crippen LogP contribution < -0.4 is 5.32 Å². The molecule has 0 saturated heterocycles. The van der Waals surface area contributed by atoms with Gasteiger partial charge in [0.05, 0.1) is 22.3 Å². The summed E-state index contributed by atoms with van der Waals surface area (Å²) >= 11 is 6.09. The highest BCUT2D eigenvalue weighted by Gasteiger charge is 2.10. The lowest BCUT2D eigenvalue weighted by molar-refractivity contribution is 0.102. The first kappa shape index (κ1) is 16.3. The van der Waals surface area contributed by atoms with Gasteiger partial charge in [-0.15, -0.1) is 0 Å². The number of carbonyl (C=O) groups excluding carboxylic acids is 1. The highest BCUT2D eigenvalue weighted by Crippen LogP contribution is 2.25. The Bertz CT molecular complexity index is 1120. The molecule has 2 aromatic heterocycles. The number of amides is 1. The monoisotopic (exact) mass is 362 g/mol. The number of benzene rings is 2. The van der Waals surface area contributed by atoms with Gasteiger partial charge in [-0.3, -0.25) is 14.5 Å². The van der Waals surface area contributed by atoms with E-state index < -0.39 is 0 Å². The summed E-state index contributed by atoms with van der Waals surface area (Å²) in [5.41, 5.74) is 3.95. The van der Waals surface area contributed by atoms with Crippen molar-refractivity contribution in [1.29, 1.82) is 0 Å². The summed E-state index contributed by atoms with van der Waals surface area (Å²) in [6, 6.07) is 14.6. The number of rotatable bonds is 3. The van der Waals surface area contributed by atoms with Crippen molar-refractivity contribution in [3.8, 4) is 11.1 Å². The maximum Gasteiger partial charge on any atom is 0.257 e. The molecule has 0 aliphatic carbocycles. The van der Waals surface area contributed by atoms with Gasteiger partial charge in [-0.2, -0.15) is 5.10 Å². The Hall–Kier alpha value is -3.18. The minimum atomic E-state index is -0.244. The molecule has 4 rings (SSSR count). The van der Waals surface area contributed by atoms with Gasteiger partial charge in [0.25, 0.3) is 5.91 Å². The van der Waals surface area contributed by atoms with Crippen LogP contribution in [0.3, 0.4) is 0 Å². The maximum atomic E-state index is 12.4. The van der Waals surface area contributed by atoms with E-state index in [1.165, 1.54) is 0 Å². The second kappa shape index (κ2) is 6.61. The summed E-state index contributed by atoms with van der Waals surface area (Å²) < 4.78 is 1.75. The minimum Gasteiger partial charge on any atom is -0.322 e. The van der Waals surface area contributed by atoms with Gasteiger partial charge < -0.3 is 5.32 Å². The predicted octanol–water partition coefficient (Wildman–Crippen LogP) is 4.54. The van der Waals surface area contributed by atoms with E-state index in [4.69, 9.17) is 11.6 Å². The molecule has 2 heterocycles. The maximum absolute atomic E-state index is 12.4. The zero-order valence-electron chi connectivity index (χ0n) is 14.0. The lowest BCUT2D eigenvalue weighted by atomic mass is 10.1. The molecule has 0 spiro atoms. The van der Waals surface area contributed by atoms with Gasteiger partial charge >= 0.3 is 0 Å². The highest BCUT2D eigenvalue weighted by molar-refractivity contribution is 6.34. The standard InChI is InChI=1S/C20H15ClN4O/c1-25-12-15(11-23-25)14-8-13-9-16(6-7-19(13)22-10-14)24-20(26)17-4-2-3-5-18(17)21/h2-12H,1H3,(H,24,26). The van der Waals surface area contributed by atoms with Crippen LogP contribution in [0.15, 0.2) is 67.1 Å². The predicted molar refractivity (Wildman–Crippen MR) is 103 cm³/mol. The molecule has 0 radical (unpaired) electrons. The topological polar surface area (TPSA) is 59.8 Å². The van der Waals surface area contributed by atoms with Gasteiger partial charge in [-0.05, 0) is 36.4 Å². The fraction of sp³-hybridized carbons (Fsp3) is 0.0500. The summed E-state index contributed by atoms with van der Waals surface area (Å²) in [5, 5.41) is 8.43. The Morgan fingerprint density at radius 2 is 1.92 bits per heavy atom. The van der Waals surface area contributed by atoms with E-state index in [1.54, 1.807) is 35.1 Å². The summed E-state index contributed by atoms with van der Waals surface area (Å²) in [5.74, 6) is -0.244. The first-order valence-electron chi connectivity index (χ1n) is 8.05. The molecule has 5 nitrogen and oxygen atoms in total. The smallest absolute Gasteiger partial charge is 0.257 e. The molecule has 0 saturated carbocycles. The van der Waals surface area contributed by atoms with Crippen molar-refractivity contribution < 1.29 is 4.79 Å². The fourth-order valence-electron chi connectivity index (χ4n) is 2.78. The van der Waals surface area contributed by atoms with E-state index in [-0.39, 0.29) is 5.91 Å². The summed E-state index contributed by atoms with van der Waals surface area (Å²) in [6.07, 6.45) is 5.55. The molecule has 0 fully saturated rings. The Kier molecular flexibility index (Phi) is 4.14. The van der Waals surface area contributed by atoms with Gasteiger partial charge in [0.1, 0.15) is 0 Å². The molecular formula is C20H15ClN4O. The first-order chi connectivity index (χ1) is 12.6. The van der Waals surface area contributed by atoms with Crippen molar-refractivity contribution in [2.24, 2.45) is 7.05 Å². The Morgan fingerprint density at radius 3 is 2.69 bits per heavy atom. The van der Waals surface area contributed by atoms with Crippen LogP contribution in [0.4, 0.5) is 5.69 Å². The molecule has 0 unspecified atom stereocenters. The quantitative estimate of drug-likeness (QED) is 0.582. The van der Waals surface area contributed by atoms with Crippen LogP contribution in [-0.2, 0) is 7.05 Å². The lowest BCUT2D eigenvalue weighted by Gasteiger charge is -2.08. The van der Waals surface area contributed by atoms with Crippen LogP contribution in [0.2, 0.25) is 5.02 Å². The van der Waals surface area contributed by atoms with Crippen LogP contribution in [-0.4, -0.2) is 20.7 Å². The van der Waals surface area contributed by atoms with E-state index in [0.29, 0.717) is 16.3 Å². The minimum absolute atomic E-state index is 0.244. The van der Waals surface area contributed by atoms with Crippen LogP contribution in [0.1, 0.15) is 10.4 Å². The van der Waals surface area contributed by atoms with Gasteiger partial charge in [0.15, 0.2) is 0 Å². The fourth-order valence-corrected chi connectivity index (χ4v) is 3.00. The molecule has 26 heavy (non-hydrogen) atoms. The van der Waals surface area contributed by atoms with Gasteiger partial charge in [-0.25, -0.2) is 0 Å². The van der Waals surface area contributed by atoms with E-state index in [2.05, 4.69) is 15.4 Å². The third-order valence-electron chi connectivity index (χ3n) is 4.10. The van der Waals surface area contributed by atoms with Crippen molar-refractivity contribution in [2.45, 2.75) is 0 Å². The molecule has 0 aliphatic rings. The Morgan fingerprint density at radius 1 is 1.08 bits per heavy atom. The zero-order chi connectivity index (χ0) is 18.1. The molecule has 128 valence electrons. The number of aromatic nitrogens is 3. The second-order valence-electron chi connectivity index (χ2n) is 5.97. The molecule has 2 aromatic carbocycles. The molecule has 0 aliphatic heterocycles. The molecule has 1 amide bonds. The van der Waals surface area contributed by atoms with Crippen molar-refractivity contribution in [3.63, 3.8) is 0 Å². The van der Waals surface area contributed by atoms with E-state index in [0.717, 1.165) is 22.0 Å². The van der Waals surface area contributed by atoms with Gasteiger partial charge in [0.2, 0.25) is 0 Å². The van der Waals surface area contributed by atoms with Crippen molar-refractivity contribution in [3.05, 3.63) is 77.7 Å². The SMILES string of the molecule is Cn1cc(-c2cnc3ccc(NC(=O)c4ccccc4Cl)cc3c2)cn1. The summed E-state index contributed by atoms with van der Waals surface area (Å²) in [7, 11) is 1.88. The summed E-state index contributed by atoms with van der Waals surface area (Å²) in [4.78, 5) is 16.9. The average molecular weight is 363 g/mol. The van der Waals surface area contributed by atoms with Crippen molar-refractivity contribution in [1.82, 2.24) is 14.8 Å². The van der Waals surface area contributed by atoms with E-state index >= 15 is 0 Å². The first-order valence-corrected chi connectivity index (χ1v) is 8.43. The second-order valence-corrected chi connectivity index (χ2v) is 6.38. The third kappa shape index (κ3) is 3.17. The van der Waals surface area contributed by atoms with Crippen molar-refractivity contribution in [2.75, 3.05) is 5.32 Å². The van der Waals surface area contributed by atoms with Gasteiger partial charge in [0, 0.05) is 41.6 Å². The van der Waals surface area contributed by atoms with Crippen LogP contribution in [0, 0.1) is 0 Å². The zero-order valence-corrected chi connectivity index (χ0v) is 14.7. The number of aryl methyl sites for hydroxylation is 1. The number of anilines is 1. The number of hydrogen-bond donors (Lipinski definition) is 1. The number of carbonyl (C=O) groups is 1. The Balaban J connectivity index is 1.66. The number of hydrogen-bond acceptors (Lipinski definition) is 3.